The summed E-state index contributed by atoms with van der Waals surface area (Å²) >= 11 is 0. The summed E-state index contributed by atoms with van der Waals surface area (Å²) in [6, 6.07) is 22.0. The summed E-state index contributed by atoms with van der Waals surface area (Å²) in [4.78, 5) is 29.4. The molecule has 6 heteroatoms. The van der Waals surface area contributed by atoms with Crippen LogP contribution in [0.1, 0.15) is 45.5 Å². The van der Waals surface area contributed by atoms with Crippen molar-refractivity contribution < 1.29 is 14.3 Å². The van der Waals surface area contributed by atoms with Crippen LogP contribution in [0, 0.1) is 13.8 Å². The minimum absolute atomic E-state index is 0.0305. The first-order valence-corrected chi connectivity index (χ1v) is 12.5. The number of hydrogen-bond acceptors (Lipinski definition) is 4. The van der Waals surface area contributed by atoms with Crippen LogP contribution in [0.5, 0.6) is 0 Å². The lowest BCUT2D eigenvalue weighted by atomic mass is 9.74. The first-order valence-electron chi connectivity index (χ1n) is 12.5. The van der Waals surface area contributed by atoms with Crippen molar-refractivity contribution in [1.82, 2.24) is 4.90 Å². The van der Waals surface area contributed by atoms with Gasteiger partial charge in [0.25, 0.3) is 0 Å². The molecule has 6 nitrogen and oxygen atoms in total. The van der Waals surface area contributed by atoms with E-state index in [-0.39, 0.29) is 17.4 Å². The number of amides is 2. The number of methoxy groups -OCH3 is 1. The summed E-state index contributed by atoms with van der Waals surface area (Å²) in [6.07, 6.45) is 2.00. The molecule has 1 saturated heterocycles. The van der Waals surface area contributed by atoms with Gasteiger partial charge in [0.2, 0.25) is 0 Å². The molecule has 0 aliphatic carbocycles. The average Bonchev–Trinajstić information content (AvgIpc) is 3.20. The minimum atomic E-state index is -0.312. The summed E-state index contributed by atoms with van der Waals surface area (Å²) in [6.45, 7) is 7.62. The number of ether oxygens (including phenoxy) is 1. The van der Waals surface area contributed by atoms with Crippen LogP contribution in [-0.2, 0) is 16.7 Å². The molecule has 0 bridgehead atoms. The summed E-state index contributed by atoms with van der Waals surface area (Å²) in [5.74, 6) is -0.312. The fourth-order valence-electron chi connectivity index (χ4n) is 5.48. The van der Waals surface area contributed by atoms with Gasteiger partial charge in [-0.2, -0.15) is 0 Å². The van der Waals surface area contributed by atoms with Crippen molar-refractivity contribution in [3.05, 3.63) is 94.5 Å². The van der Waals surface area contributed by atoms with E-state index in [0.717, 1.165) is 43.9 Å². The Morgan fingerprint density at radius 1 is 0.917 bits per heavy atom. The molecule has 1 fully saturated rings. The van der Waals surface area contributed by atoms with Crippen LogP contribution in [0.25, 0.3) is 0 Å². The van der Waals surface area contributed by atoms with Crippen molar-refractivity contribution in [2.45, 2.75) is 38.6 Å². The Bertz CT molecular complexity index is 1260. The molecule has 0 saturated carbocycles. The number of carbonyl (C=O) groups is 2. The quantitative estimate of drug-likeness (QED) is 0.485. The first kappa shape index (κ1) is 24.1. The number of benzene rings is 3. The molecule has 0 atom stereocenters. The highest BCUT2D eigenvalue weighted by Crippen LogP contribution is 2.47. The van der Waals surface area contributed by atoms with Crippen LogP contribution >= 0.6 is 0 Å². The Balaban J connectivity index is 1.29. The zero-order valence-corrected chi connectivity index (χ0v) is 21.2. The first-order chi connectivity index (χ1) is 17.4. The number of nitrogens with one attached hydrogen (secondary N) is 1. The summed E-state index contributed by atoms with van der Waals surface area (Å²) in [7, 11) is 1.40. The summed E-state index contributed by atoms with van der Waals surface area (Å²) in [5.41, 5.74) is 7.24. The Labute approximate surface area is 212 Å². The van der Waals surface area contributed by atoms with E-state index >= 15 is 0 Å². The number of fused-ring (bicyclic) bond motifs is 2. The van der Waals surface area contributed by atoms with Crippen LogP contribution in [0.3, 0.4) is 0 Å². The third-order valence-corrected chi connectivity index (χ3v) is 7.62. The van der Waals surface area contributed by atoms with E-state index in [0.29, 0.717) is 12.1 Å². The molecule has 186 valence electrons. The Kier molecular flexibility index (Phi) is 6.54. The largest absolute Gasteiger partial charge is 0.465 e. The normalized spacial score (nSPS) is 16.6. The maximum Gasteiger partial charge on any atom is 0.337 e. The van der Waals surface area contributed by atoms with Crippen LogP contribution in [0.15, 0.2) is 66.7 Å². The molecule has 0 unspecified atom stereocenters. The van der Waals surface area contributed by atoms with Crippen molar-refractivity contribution in [1.29, 1.82) is 0 Å². The number of likely N-dealkylation sites (tertiary alicyclic amines) is 1. The molecule has 2 amide bonds. The maximum absolute atomic E-state index is 13.3. The molecule has 3 aromatic carbocycles. The van der Waals surface area contributed by atoms with Crippen LogP contribution in [0.4, 0.5) is 16.2 Å². The fraction of sp³-hybridized carbons (Fsp3) is 0.333. The molecule has 2 aliphatic rings. The van der Waals surface area contributed by atoms with Crippen molar-refractivity contribution in [3.8, 4) is 0 Å². The van der Waals surface area contributed by atoms with Crippen molar-refractivity contribution in [3.63, 3.8) is 0 Å². The lowest BCUT2D eigenvalue weighted by molar-refractivity contribution is 0.0600. The number of aryl methyl sites for hydroxylation is 2. The molecule has 0 aromatic heterocycles. The SMILES string of the molecule is COC(=O)c1ccc(CN2CCC3(CC2)CN(C(=O)Nc2ccc(C)cc2)c2ccc(C)cc23)cc1. The number of rotatable bonds is 4. The molecule has 1 N–H and O–H groups in total. The Hall–Kier alpha value is -3.64. The fourth-order valence-corrected chi connectivity index (χ4v) is 5.48. The van der Waals surface area contributed by atoms with E-state index in [2.05, 4.69) is 35.3 Å². The molecule has 2 heterocycles. The minimum Gasteiger partial charge on any atom is -0.465 e. The van der Waals surface area contributed by atoms with E-state index in [1.54, 1.807) is 0 Å². The number of nitrogens with zero attached hydrogens (tertiary/aromatic N) is 2. The highest BCUT2D eigenvalue weighted by Gasteiger charge is 2.46. The molecule has 36 heavy (non-hydrogen) atoms. The van der Waals surface area contributed by atoms with Crippen LogP contribution in [0.2, 0.25) is 0 Å². The van der Waals surface area contributed by atoms with Crippen molar-refractivity contribution in [2.75, 3.05) is 37.0 Å². The topological polar surface area (TPSA) is 61.9 Å². The highest BCUT2D eigenvalue weighted by molar-refractivity contribution is 6.03. The van der Waals surface area contributed by atoms with Crippen LogP contribution in [-0.4, -0.2) is 43.6 Å². The summed E-state index contributed by atoms with van der Waals surface area (Å²) in [5, 5.41) is 3.09. The van der Waals surface area contributed by atoms with E-state index in [1.165, 1.54) is 29.4 Å². The van der Waals surface area contributed by atoms with E-state index in [9.17, 15) is 9.59 Å². The third kappa shape index (κ3) is 4.73. The molecule has 0 radical (unpaired) electrons. The summed E-state index contributed by atoms with van der Waals surface area (Å²) < 4.78 is 4.80. The van der Waals surface area contributed by atoms with Gasteiger partial charge in [0.1, 0.15) is 0 Å². The van der Waals surface area contributed by atoms with Gasteiger partial charge in [-0.3, -0.25) is 9.80 Å². The van der Waals surface area contributed by atoms with Gasteiger partial charge in [0.15, 0.2) is 0 Å². The number of esters is 1. The monoisotopic (exact) mass is 483 g/mol. The predicted octanol–water partition coefficient (Wildman–Crippen LogP) is 5.68. The van der Waals surface area contributed by atoms with Gasteiger partial charge < -0.3 is 10.1 Å². The van der Waals surface area contributed by atoms with E-state index < -0.39 is 0 Å². The van der Waals surface area contributed by atoms with Gasteiger partial charge in [-0.25, -0.2) is 9.59 Å². The number of piperidine rings is 1. The smallest absolute Gasteiger partial charge is 0.337 e. The van der Waals surface area contributed by atoms with E-state index in [4.69, 9.17) is 4.74 Å². The predicted molar refractivity (Wildman–Crippen MR) is 143 cm³/mol. The van der Waals surface area contributed by atoms with Crippen molar-refractivity contribution >= 4 is 23.4 Å². The van der Waals surface area contributed by atoms with Gasteiger partial charge in [-0.05, 0) is 81.2 Å². The van der Waals surface area contributed by atoms with Gasteiger partial charge in [-0.15, -0.1) is 0 Å². The Morgan fingerprint density at radius 3 is 2.25 bits per heavy atom. The maximum atomic E-state index is 13.3. The number of carbonyl (C=O) groups excluding carboxylic acids is 2. The van der Waals surface area contributed by atoms with Gasteiger partial charge in [-0.1, -0.05) is 47.5 Å². The van der Waals surface area contributed by atoms with Gasteiger partial charge in [0.05, 0.1) is 12.7 Å². The number of anilines is 2. The van der Waals surface area contributed by atoms with Crippen molar-refractivity contribution in [2.24, 2.45) is 0 Å². The molecule has 3 aromatic rings. The highest BCUT2D eigenvalue weighted by atomic mass is 16.5. The molecular formula is C30H33N3O3. The molecule has 2 aliphatic heterocycles. The van der Waals surface area contributed by atoms with Crippen LogP contribution < -0.4 is 10.2 Å². The van der Waals surface area contributed by atoms with E-state index in [1.807, 2.05) is 60.4 Å². The zero-order valence-electron chi connectivity index (χ0n) is 21.2. The second-order valence-corrected chi connectivity index (χ2v) is 10.1. The lowest BCUT2D eigenvalue weighted by Gasteiger charge is -2.40. The molecule has 5 rings (SSSR count). The zero-order chi connectivity index (χ0) is 25.3. The lowest BCUT2D eigenvalue weighted by Crippen LogP contribution is -2.46. The molecular weight excluding hydrogens is 450 g/mol. The second-order valence-electron chi connectivity index (χ2n) is 10.1. The standard InChI is InChI=1S/C30H33N3O3/c1-21-4-11-25(12-5-21)31-29(35)33-20-30(26-18-22(2)6-13-27(26)33)14-16-32(17-15-30)19-23-7-9-24(10-8-23)28(34)36-3/h4-13,18H,14-17,19-20H2,1-3H3,(H,31,35). The van der Waals surface area contributed by atoms with Gasteiger partial charge >= 0.3 is 12.0 Å². The molecule has 1 spiro atoms. The second kappa shape index (κ2) is 9.78. The number of hydrogen-bond donors (Lipinski definition) is 1. The number of urea groups is 1. The Morgan fingerprint density at radius 2 is 1.58 bits per heavy atom. The average molecular weight is 484 g/mol. The van der Waals surface area contributed by atoms with Gasteiger partial charge in [0, 0.05) is 29.9 Å². The third-order valence-electron chi connectivity index (χ3n) is 7.62.